The molecule has 0 aromatic heterocycles. The molecule has 6 rings (SSSR count). The Morgan fingerprint density at radius 3 is 2.33 bits per heavy atom. The third-order valence-corrected chi connectivity index (χ3v) is 15.5. The van der Waals surface area contributed by atoms with Gasteiger partial charge in [0.2, 0.25) is 0 Å². The second-order valence-corrected chi connectivity index (χ2v) is 17.6. The maximum Gasteiger partial charge on any atom is 0.326 e. The van der Waals surface area contributed by atoms with E-state index in [0.29, 0.717) is 52.9 Å². The Morgan fingerprint density at radius 2 is 1.62 bits per heavy atom. The largest absolute Gasteiger partial charge is 0.393 e. The van der Waals surface area contributed by atoms with E-state index in [0.717, 1.165) is 32.1 Å². The van der Waals surface area contributed by atoms with Crippen LogP contribution in [0.4, 0.5) is 4.79 Å². The number of nitrogens with one attached hydrogen (secondary N) is 2. The minimum atomic E-state index is -1.57. The standard InChI is InChI=1S/C38H60N2O4S/c1-5-29-33-23-27(41)17-20-38(33,4)32-18-21-37(3)30(15-16-31(37)34(32)35(29)42)24(2)19-22-39-36(43)40-45(44)28-13-11-26(12-14-28)25-9-7-6-8-10-25/h11-14,24-25,27,29-35,41-42H,5-10,15-23H2,1-4H3,(H2,39,40,43)/t24-,27-,29-,30-,31+,32+,33+,34+,35-,37-,38-,45?/m1/s1. The van der Waals surface area contributed by atoms with Crippen LogP contribution in [-0.2, 0) is 11.0 Å². The first-order valence-corrected chi connectivity index (χ1v) is 19.6. The van der Waals surface area contributed by atoms with Crippen molar-refractivity contribution in [2.75, 3.05) is 6.54 Å². The predicted molar refractivity (Wildman–Crippen MR) is 181 cm³/mol. The van der Waals surface area contributed by atoms with E-state index in [1.165, 1.54) is 63.4 Å². The van der Waals surface area contributed by atoms with Gasteiger partial charge in [-0.25, -0.2) is 9.00 Å². The molecule has 7 heteroatoms. The van der Waals surface area contributed by atoms with Gasteiger partial charge in [0, 0.05) is 6.54 Å². The average molecular weight is 641 g/mol. The van der Waals surface area contributed by atoms with Crippen molar-refractivity contribution in [2.24, 2.45) is 52.3 Å². The van der Waals surface area contributed by atoms with Crippen molar-refractivity contribution < 1.29 is 19.2 Å². The molecule has 0 saturated heterocycles. The van der Waals surface area contributed by atoms with Crippen LogP contribution in [0.15, 0.2) is 29.2 Å². The zero-order valence-electron chi connectivity index (χ0n) is 28.3. The third-order valence-electron chi connectivity index (χ3n) is 14.4. The summed E-state index contributed by atoms with van der Waals surface area (Å²) < 4.78 is 15.5. The summed E-state index contributed by atoms with van der Waals surface area (Å²) >= 11 is 0. The van der Waals surface area contributed by atoms with Crippen LogP contribution in [0.2, 0.25) is 0 Å². The molecular weight excluding hydrogens is 580 g/mol. The lowest BCUT2D eigenvalue weighted by Gasteiger charge is -2.64. The Balaban J connectivity index is 1.02. The molecule has 4 N–H and O–H groups in total. The number of carbonyl (C=O) groups is 1. The number of rotatable bonds is 8. The van der Waals surface area contributed by atoms with Gasteiger partial charge in [-0.2, -0.15) is 0 Å². The van der Waals surface area contributed by atoms with Crippen LogP contribution in [0, 0.1) is 52.3 Å². The van der Waals surface area contributed by atoms with E-state index < -0.39 is 11.0 Å². The van der Waals surface area contributed by atoms with Gasteiger partial charge in [0.05, 0.1) is 17.1 Å². The lowest BCUT2D eigenvalue weighted by Crippen LogP contribution is -2.62. The quantitative estimate of drug-likeness (QED) is 0.234. The van der Waals surface area contributed by atoms with Crippen LogP contribution in [0.5, 0.6) is 0 Å². The summed E-state index contributed by atoms with van der Waals surface area (Å²) in [5.74, 6) is 3.81. The van der Waals surface area contributed by atoms with Gasteiger partial charge >= 0.3 is 6.03 Å². The minimum Gasteiger partial charge on any atom is -0.393 e. The van der Waals surface area contributed by atoms with Crippen LogP contribution in [0.1, 0.15) is 129 Å². The van der Waals surface area contributed by atoms with Crippen LogP contribution in [0.25, 0.3) is 0 Å². The molecule has 5 aliphatic rings. The number of carbonyl (C=O) groups excluding carboxylic acids is 1. The maximum atomic E-state index is 12.9. The summed E-state index contributed by atoms with van der Waals surface area (Å²) in [5.41, 5.74) is 1.76. The maximum absolute atomic E-state index is 12.9. The predicted octanol–water partition coefficient (Wildman–Crippen LogP) is 7.71. The molecule has 0 spiro atoms. The molecule has 0 bridgehead atoms. The number of hydrogen-bond donors (Lipinski definition) is 4. The summed E-state index contributed by atoms with van der Waals surface area (Å²) in [7, 11) is -1.57. The molecule has 0 heterocycles. The van der Waals surface area contributed by atoms with E-state index >= 15 is 0 Å². The SMILES string of the molecule is CC[C@H]1[C@@H](O)[C@@H]2[C@H](CC[C@]3(C)[C@@H]([C@H](C)CCNC(=O)NS(=O)c4ccc(C5CCCCC5)cc4)CC[C@@H]23)[C@@]2(C)CC[C@@H](O)C[C@@H]12. The first-order valence-electron chi connectivity index (χ1n) is 18.5. The highest BCUT2D eigenvalue weighted by atomic mass is 32.2. The fraction of sp³-hybridized carbons (Fsp3) is 0.816. The average Bonchev–Trinajstić information content (AvgIpc) is 3.39. The van der Waals surface area contributed by atoms with Gasteiger partial charge in [0.1, 0.15) is 0 Å². The van der Waals surface area contributed by atoms with Gasteiger partial charge in [-0.05, 0) is 140 Å². The molecule has 12 atom stereocenters. The van der Waals surface area contributed by atoms with Gasteiger partial charge in [-0.15, -0.1) is 0 Å². The van der Waals surface area contributed by atoms with E-state index in [-0.39, 0.29) is 35.0 Å². The monoisotopic (exact) mass is 640 g/mol. The minimum absolute atomic E-state index is 0.209. The summed E-state index contributed by atoms with van der Waals surface area (Å²) in [5, 5.41) is 25.5. The molecule has 0 aliphatic heterocycles. The molecule has 6 nitrogen and oxygen atoms in total. The van der Waals surface area contributed by atoms with Gasteiger partial charge in [-0.3, -0.25) is 4.72 Å². The first kappa shape index (κ1) is 33.5. The third kappa shape index (κ3) is 6.28. The van der Waals surface area contributed by atoms with Crippen molar-refractivity contribution in [1.29, 1.82) is 0 Å². The second-order valence-electron chi connectivity index (χ2n) is 16.4. The fourth-order valence-corrected chi connectivity index (χ4v) is 12.8. The second kappa shape index (κ2) is 13.6. The zero-order chi connectivity index (χ0) is 31.9. The number of benzene rings is 1. The van der Waals surface area contributed by atoms with Gasteiger partial charge in [0.15, 0.2) is 11.0 Å². The van der Waals surface area contributed by atoms with Crippen molar-refractivity contribution >= 4 is 17.0 Å². The van der Waals surface area contributed by atoms with E-state index in [4.69, 9.17) is 0 Å². The van der Waals surface area contributed by atoms with Gasteiger partial charge in [0.25, 0.3) is 0 Å². The summed E-state index contributed by atoms with van der Waals surface area (Å²) in [6.07, 6.45) is 15.4. The molecule has 252 valence electrons. The Hall–Kier alpha value is -1.44. The van der Waals surface area contributed by atoms with E-state index in [1.54, 1.807) is 0 Å². The number of aliphatic hydroxyl groups is 2. The summed E-state index contributed by atoms with van der Waals surface area (Å²) in [4.78, 5) is 13.3. The number of urea groups is 1. The molecular formula is C38H60N2O4S. The van der Waals surface area contributed by atoms with Crippen molar-refractivity contribution in [3.05, 3.63) is 29.8 Å². The fourth-order valence-electron chi connectivity index (χ4n) is 12.0. The first-order chi connectivity index (χ1) is 21.6. The lowest BCUT2D eigenvalue weighted by atomic mass is 9.41. The van der Waals surface area contributed by atoms with Crippen molar-refractivity contribution in [3.8, 4) is 0 Å². The smallest absolute Gasteiger partial charge is 0.326 e. The Labute approximate surface area is 274 Å². The Kier molecular flexibility index (Phi) is 10.1. The molecule has 5 aliphatic carbocycles. The van der Waals surface area contributed by atoms with E-state index in [9.17, 15) is 19.2 Å². The molecule has 1 aromatic carbocycles. The number of amides is 2. The van der Waals surface area contributed by atoms with Gasteiger partial charge < -0.3 is 15.5 Å². The van der Waals surface area contributed by atoms with Crippen molar-refractivity contribution in [3.63, 3.8) is 0 Å². The highest BCUT2D eigenvalue weighted by molar-refractivity contribution is 7.83. The van der Waals surface area contributed by atoms with Crippen LogP contribution >= 0.6 is 0 Å². The highest BCUT2D eigenvalue weighted by Gasteiger charge is 2.64. The molecule has 1 aromatic rings. The zero-order valence-corrected chi connectivity index (χ0v) is 29.1. The Bertz CT molecular complexity index is 1200. The normalized spacial score (nSPS) is 41.3. The van der Waals surface area contributed by atoms with Crippen molar-refractivity contribution in [2.45, 2.75) is 141 Å². The lowest BCUT2D eigenvalue weighted by molar-refractivity contribution is -0.203. The molecule has 1 unspecified atom stereocenters. The van der Waals surface area contributed by atoms with Crippen LogP contribution in [0.3, 0.4) is 0 Å². The summed E-state index contributed by atoms with van der Waals surface area (Å²) in [6.45, 7) is 10.2. The van der Waals surface area contributed by atoms with E-state index in [2.05, 4.69) is 49.9 Å². The number of hydrogen-bond acceptors (Lipinski definition) is 4. The molecule has 0 radical (unpaired) electrons. The van der Waals surface area contributed by atoms with Crippen LogP contribution in [-0.4, -0.2) is 39.2 Å². The Morgan fingerprint density at radius 1 is 0.933 bits per heavy atom. The van der Waals surface area contributed by atoms with Crippen LogP contribution < -0.4 is 10.0 Å². The molecule has 45 heavy (non-hydrogen) atoms. The highest BCUT2D eigenvalue weighted by Crippen LogP contribution is 2.69. The molecule has 5 saturated carbocycles. The van der Waals surface area contributed by atoms with Crippen molar-refractivity contribution in [1.82, 2.24) is 10.0 Å². The topological polar surface area (TPSA) is 98.7 Å². The van der Waals surface area contributed by atoms with E-state index in [1.807, 2.05) is 12.1 Å². The summed E-state index contributed by atoms with van der Waals surface area (Å²) in [6, 6.07) is 7.60. The molecule has 5 fully saturated rings. The van der Waals surface area contributed by atoms with Gasteiger partial charge in [-0.1, -0.05) is 65.5 Å². The number of aliphatic hydroxyl groups excluding tert-OH is 2. The molecule has 2 amide bonds. The number of fused-ring (bicyclic) bond motifs is 5.